The first kappa shape index (κ1) is 10.5. The minimum atomic E-state index is 0.260. The van der Waals surface area contributed by atoms with Gasteiger partial charge in [0.2, 0.25) is 0 Å². The first-order valence-corrected chi connectivity index (χ1v) is 5.10. The molecule has 13 heavy (non-hydrogen) atoms. The van der Waals surface area contributed by atoms with E-state index in [4.69, 9.17) is 10.4 Å². The topological polar surface area (TPSA) is 47.3 Å². The smallest absolute Gasteiger partial charge is 0.0635 e. The van der Waals surface area contributed by atoms with Crippen LogP contribution >= 0.6 is 0 Å². The molecule has 1 fully saturated rings. The molecular formula is C10H18N2O. The van der Waals surface area contributed by atoms with E-state index >= 15 is 0 Å². The van der Waals surface area contributed by atoms with Gasteiger partial charge in [-0.3, -0.25) is 4.90 Å². The molecule has 1 aliphatic rings. The molecule has 1 saturated carbocycles. The number of nitrogens with zero attached hydrogens (tertiary/aromatic N) is 2. The van der Waals surface area contributed by atoms with Crippen LogP contribution in [0.4, 0.5) is 0 Å². The molecule has 1 N–H and O–H groups in total. The van der Waals surface area contributed by atoms with Crippen molar-refractivity contribution in [2.24, 2.45) is 0 Å². The Morgan fingerprint density at radius 2 is 2.15 bits per heavy atom. The Bertz CT molecular complexity index is 172. The summed E-state index contributed by atoms with van der Waals surface area (Å²) in [6.45, 7) is 2.08. The highest BCUT2D eigenvalue weighted by Gasteiger charge is 2.23. The number of rotatable bonds is 6. The molecule has 3 heteroatoms. The van der Waals surface area contributed by atoms with Crippen molar-refractivity contribution in [2.75, 3.05) is 19.7 Å². The van der Waals surface area contributed by atoms with E-state index in [0.29, 0.717) is 12.5 Å². The fourth-order valence-corrected chi connectivity index (χ4v) is 1.70. The normalized spacial score (nSPS) is 17.0. The van der Waals surface area contributed by atoms with Crippen LogP contribution in [0.2, 0.25) is 0 Å². The highest BCUT2D eigenvalue weighted by molar-refractivity contribution is 4.82. The minimum Gasteiger partial charge on any atom is -0.396 e. The number of aliphatic hydroxyl groups excluding tert-OH is 1. The lowest BCUT2D eigenvalue weighted by atomic mass is 9.91. The quantitative estimate of drug-likeness (QED) is 0.670. The third-order valence-electron chi connectivity index (χ3n) is 2.71. The van der Waals surface area contributed by atoms with Crippen LogP contribution in [-0.2, 0) is 0 Å². The molecule has 0 amide bonds. The molecule has 0 radical (unpaired) electrons. The van der Waals surface area contributed by atoms with E-state index in [0.717, 1.165) is 19.5 Å². The standard InChI is InChI=1S/C10H18N2O/c11-6-2-7-12(8-3-9-13)10-4-1-5-10/h10,13H,1-5,7-9H2. The molecule has 1 rings (SSSR count). The van der Waals surface area contributed by atoms with Crippen LogP contribution < -0.4 is 0 Å². The van der Waals surface area contributed by atoms with Crippen molar-refractivity contribution >= 4 is 0 Å². The van der Waals surface area contributed by atoms with E-state index in [9.17, 15) is 0 Å². The molecule has 0 atom stereocenters. The zero-order valence-corrected chi connectivity index (χ0v) is 8.08. The summed E-state index contributed by atoms with van der Waals surface area (Å²) in [4.78, 5) is 2.35. The predicted molar refractivity (Wildman–Crippen MR) is 51.1 cm³/mol. The van der Waals surface area contributed by atoms with E-state index in [1.54, 1.807) is 0 Å². The molecule has 0 aliphatic heterocycles. The van der Waals surface area contributed by atoms with Crippen molar-refractivity contribution in [3.8, 4) is 6.07 Å². The van der Waals surface area contributed by atoms with E-state index in [-0.39, 0.29) is 6.61 Å². The van der Waals surface area contributed by atoms with Crippen molar-refractivity contribution in [3.05, 3.63) is 0 Å². The summed E-state index contributed by atoms with van der Waals surface area (Å²) in [7, 11) is 0. The van der Waals surface area contributed by atoms with Gasteiger partial charge in [-0.2, -0.15) is 5.26 Å². The van der Waals surface area contributed by atoms with Gasteiger partial charge in [0.15, 0.2) is 0 Å². The molecule has 0 saturated heterocycles. The second kappa shape index (κ2) is 5.95. The van der Waals surface area contributed by atoms with Gasteiger partial charge in [-0.15, -0.1) is 0 Å². The maximum Gasteiger partial charge on any atom is 0.0635 e. The van der Waals surface area contributed by atoms with Gasteiger partial charge in [0, 0.05) is 32.2 Å². The van der Waals surface area contributed by atoms with Gasteiger partial charge in [-0.05, 0) is 19.3 Å². The van der Waals surface area contributed by atoms with E-state index in [1.165, 1.54) is 19.3 Å². The van der Waals surface area contributed by atoms with Crippen molar-refractivity contribution < 1.29 is 5.11 Å². The third-order valence-corrected chi connectivity index (χ3v) is 2.71. The number of hydrogen-bond donors (Lipinski definition) is 1. The number of hydrogen-bond acceptors (Lipinski definition) is 3. The third kappa shape index (κ3) is 3.33. The van der Waals surface area contributed by atoms with Crippen LogP contribution in [0.5, 0.6) is 0 Å². The number of nitriles is 1. The van der Waals surface area contributed by atoms with Crippen molar-refractivity contribution in [1.29, 1.82) is 5.26 Å². The first-order valence-electron chi connectivity index (χ1n) is 5.10. The van der Waals surface area contributed by atoms with Crippen LogP contribution in [0.25, 0.3) is 0 Å². The maximum atomic E-state index is 8.72. The van der Waals surface area contributed by atoms with Gasteiger partial charge in [0.25, 0.3) is 0 Å². The maximum absolute atomic E-state index is 8.72. The Morgan fingerprint density at radius 3 is 2.62 bits per heavy atom. The molecule has 0 bridgehead atoms. The zero-order valence-electron chi connectivity index (χ0n) is 8.08. The van der Waals surface area contributed by atoms with Crippen LogP contribution in [0.15, 0.2) is 0 Å². The molecule has 0 spiro atoms. The number of aliphatic hydroxyl groups is 1. The Hall–Kier alpha value is -0.590. The van der Waals surface area contributed by atoms with Gasteiger partial charge < -0.3 is 5.11 Å². The monoisotopic (exact) mass is 182 g/mol. The van der Waals surface area contributed by atoms with Crippen LogP contribution in [0, 0.1) is 11.3 Å². The van der Waals surface area contributed by atoms with Crippen molar-refractivity contribution in [3.63, 3.8) is 0 Å². The molecular weight excluding hydrogens is 164 g/mol. The van der Waals surface area contributed by atoms with Gasteiger partial charge in [0.1, 0.15) is 0 Å². The summed E-state index contributed by atoms with van der Waals surface area (Å²) >= 11 is 0. The zero-order chi connectivity index (χ0) is 9.52. The van der Waals surface area contributed by atoms with Crippen LogP contribution in [0.1, 0.15) is 32.1 Å². The largest absolute Gasteiger partial charge is 0.396 e. The molecule has 0 unspecified atom stereocenters. The molecule has 0 aromatic heterocycles. The Labute approximate surface area is 80.0 Å². The average Bonchev–Trinajstić information content (AvgIpc) is 2.06. The first-order chi connectivity index (χ1) is 6.38. The summed E-state index contributed by atoms with van der Waals surface area (Å²) in [5, 5.41) is 17.2. The molecule has 1 aliphatic carbocycles. The summed E-state index contributed by atoms with van der Waals surface area (Å²) in [6.07, 6.45) is 5.32. The Kier molecular flexibility index (Phi) is 4.81. The highest BCUT2D eigenvalue weighted by atomic mass is 16.3. The predicted octanol–water partition coefficient (Wildman–Crippen LogP) is 1.14. The minimum absolute atomic E-state index is 0.260. The molecule has 3 nitrogen and oxygen atoms in total. The summed E-state index contributed by atoms with van der Waals surface area (Å²) in [5.74, 6) is 0. The van der Waals surface area contributed by atoms with Crippen molar-refractivity contribution in [2.45, 2.75) is 38.1 Å². The van der Waals surface area contributed by atoms with Gasteiger partial charge >= 0.3 is 0 Å². The Balaban J connectivity index is 2.21. The molecule has 0 heterocycles. The summed E-state index contributed by atoms with van der Waals surface area (Å²) < 4.78 is 0. The second-order valence-corrected chi connectivity index (χ2v) is 3.61. The van der Waals surface area contributed by atoms with Crippen LogP contribution in [0.3, 0.4) is 0 Å². The fourth-order valence-electron chi connectivity index (χ4n) is 1.70. The molecule has 0 aromatic carbocycles. The van der Waals surface area contributed by atoms with Gasteiger partial charge in [-0.25, -0.2) is 0 Å². The molecule has 74 valence electrons. The van der Waals surface area contributed by atoms with Crippen molar-refractivity contribution in [1.82, 2.24) is 4.90 Å². The molecule has 0 aromatic rings. The van der Waals surface area contributed by atoms with Gasteiger partial charge in [-0.1, -0.05) is 6.42 Å². The summed E-state index contributed by atoms with van der Waals surface area (Å²) in [6, 6.07) is 2.87. The second-order valence-electron chi connectivity index (χ2n) is 3.61. The van der Waals surface area contributed by atoms with E-state index in [2.05, 4.69) is 11.0 Å². The lowest BCUT2D eigenvalue weighted by Crippen LogP contribution is -2.41. The lowest BCUT2D eigenvalue weighted by molar-refractivity contribution is 0.119. The fraction of sp³-hybridized carbons (Fsp3) is 0.900. The van der Waals surface area contributed by atoms with Crippen LogP contribution in [-0.4, -0.2) is 35.7 Å². The van der Waals surface area contributed by atoms with Gasteiger partial charge in [0.05, 0.1) is 6.07 Å². The average molecular weight is 182 g/mol. The van der Waals surface area contributed by atoms with E-state index < -0.39 is 0 Å². The lowest BCUT2D eigenvalue weighted by Gasteiger charge is -2.37. The van der Waals surface area contributed by atoms with E-state index in [1.807, 2.05) is 0 Å². The highest BCUT2D eigenvalue weighted by Crippen LogP contribution is 2.24. The SMILES string of the molecule is N#CCCN(CCCO)C1CCC1. The summed E-state index contributed by atoms with van der Waals surface area (Å²) in [5.41, 5.74) is 0. The Morgan fingerprint density at radius 1 is 1.38 bits per heavy atom.